The molecule has 0 heterocycles. The summed E-state index contributed by atoms with van der Waals surface area (Å²) in [6, 6.07) is 7.07. The second-order valence-corrected chi connectivity index (χ2v) is 13.9. The highest BCUT2D eigenvalue weighted by atomic mass is 14.7. The lowest BCUT2D eigenvalue weighted by Crippen LogP contribution is -2.43. The molecule has 0 aromatic heterocycles. The van der Waals surface area contributed by atoms with Crippen molar-refractivity contribution in [1.29, 1.82) is 0 Å². The minimum absolute atomic E-state index is 0.0167. The summed E-state index contributed by atoms with van der Waals surface area (Å²) in [6.07, 6.45) is 2.73. The molecule has 0 saturated heterocycles. The minimum atomic E-state index is -0.247. The van der Waals surface area contributed by atoms with Crippen LogP contribution >= 0.6 is 0 Å². The lowest BCUT2D eigenvalue weighted by Gasteiger charge is -2.41. The fraction of sp³-hybridized carbons (Fsp3) is 0.778. The second kappa shape index (κ2) is 8.22. The quantitative estimate of drug-likeness (QED) is 0.468. The molecule has 0 saturated carbocycles. The summed E-state index contributed by atoms with van der Waals surface area (Å²) in [5, 5.41) is 0. The van der Waals surface area contributed by atoms with E-state index in [0.717, 1.165) is 19.3 Å². The van der Waals surface area contributed by atoms with Crippen molar-refractivity contribution in [2.45, 2.75) is 135 Å². The van der Waals surface area contributed by atoms with E-state index in [9.17, 15) is 0 Å². The van der Waals surface area contributed by atoms with Crippen LogP contribution in [0.15, 0.2) is 18.2 Å². The molecule has 1 rings (SSSR count). The Kier molecular flexibility index (Phi) is 7.44. The molecule has 0 fully saturated rings. The van der Waals surface area contributed by atoms with Gasteiger partial charge in [0.2, 0.25) is 0 Å². The molecule has 0 spiro atoms. The molecule has 0 aliphatic carbocycles. The lowest BCUT2D eigenvalue weighted by atomic mass is 9.65. The predicted octanol–water partition coefficient (Wildman–Crippen LogP) is 5.90. The maximum Gasteiger partial charge on any atom is 0.0105 e. The van der Waals surface area contributed by atoms with Crippen LogP contribution in [0.5, 0.6) is 0 Å². The Balaban J connectivity index is 3.68. The van der Waals surface area contributed by atoms with Crippen molar-refractivity contribution in [2.24, 2.45) is 17.2 Å². The molecule has 0 radical (unpaired) electrons. The van der Waals surface area contributed by atoms with Gasteiger partial charge in [0.1, 0.15) is 0 Å². The molecular weight excluding hydrogens is 366 g/mol. The molecular formula is C27H51N3. The largest absolute Gasteiger partial charge is 0.326 e. The highest BCUT2D eigenvalue weighted by Crippen LogP contribution is 2.43. The molecule has 0 aliphatic heterocycles. The Hall–Kier alpha value is -0.900. The summed E-state index contributed by atoms with van der Waals surface area (Å²) >= 11 is 0. The van der Waals surface area contributed by atoms with Crippen LogP contribution in [0.4, 0.5) is 0 Å². The third-order valence-corrected chi connectivity index (χ3v) is 5.95. The van der Waals surface area contributed by atoms with Gasteiger partial charge in [0.25, 0.3) is 0 Å². The third kappa shape index (κ3) is 7.98. The molecule has 174 valence electrons. The zero-order valence-electron chi connectivity index (χ0n) is 22.1. The Morgan fingerprint density at radius 2 is 0.833 bits per heavy atom. The van der Waals surface area contributed by atoms with Gasteiger partial charge in [0, 0.05) is 16.6 Å². The molecule has 0 aliphatic rings. The maximum absolute atomic E-state index is 6.49. The molecule has 1 aromatic carbocycles. The molecule has 0 unspecified atom stereocenters. The Labute approximate surface area is 187 Å². The number of hydrogen-bond acceptors (Lipinski definition) is 3. The summed E-state index contributed by atoms with van der Waals surface area (Å²) in [4.78, 5) is 0. The summed E-state index contributed by atoms with van der Waals surface area (Å²) < 4.78 is 0. The molecule has 3 heteroatoms. The topological polar surface area (TPSA) is 78.1 Å². The van der Waals surface area contributed by atoms with Crippen molar-refractivity contribution >= 4 is 0 Å². The fourth-order valence-electron chi connectivity index (χ4n) is 5.82. The first-order valence-corrected chi connectivity index (χ1v) is 11.5. The van der Waals surface area contributed by atoms with Crippen LogP contribution in [0.2, 0.25) is 0 Å². The van der Waals surface area contributed by atoms with E-state index >= 15 is 0 Å². The average molecular weight is 418 g/mol. The summed E-state index contributed by atoms with van der Waals surface area (Å²) in [5.74, 6) is 0. The van der Waals surface area contributed by atoms with Crippen molar-refractivity contribution in [1.82, 2.24) is 0 Å². The lowest BCUT2D eigenvalue weighted by molar-refractivity contribution is 0.321. The Bertz CT molecular complexity index is 720. The fourth-order valence-corrected chi connectivity index (χ4v) is 5.82. The highest BCUT2D eigenvalue weighted by Gasteiger charge is 2.37. The number of benzene rings is 1. The second-order valence-electron chi connectivity index (χ2n) is 13.9. The van der Waals surface area contributed by atoms with Crippen LogP contribution < -0.4 is 17.2 Å². The van der Waals surface area contributed by atoms with Gasteiger partial charge in [-0.15, -0.1) is 0 Å². The normalized spacial score (nSPS) is 14.9. The standard InChI is InChI=1S/C27H51N3/c1-22(2,16-25(7,8)28)19-13-14-20(23(3,4)17-26(9,10)29)21(15-19)24(5,6)18-27(11,12)30/h13-15H,16-18,28-30H2,1-12H3. The van der Waals surface area contributed by atoms with E-state index in [-0.39, 0.29) is 32.9 Å². The minimum Gasteiger partial charge on any atom is -0.326 e. The van der Waals surface area contributed by atoms with Gasteiger partial charge < -0.3 is 17.2 Å². The average Bonchev–Trinajstić information content (AvgIpc) is 2.38. The van der Waals surface area contributed by atoms with Gasteiger partial charge in [0.15, 0.2) is 0 Å². The number of hydrogen-bond donors (Lipinski definition) is 3. The van der Waals surface area contributed by atoms with Gasteiger partial charge in [-0.1, -0.05) is 59.7 Å². The summed E-state index contributed by atoms with van der Waals surface area (Å²) in [6.45, 7) is 26.6. The zero-order valence-corrected chi connectivity index (χ0v) is 22.1. The van der Waals surface area contributed by atoms with Gasteiger partial charge in [-0.25, -0.2) is 0 Å². The maximum atomic E-state index is 6.49. The van der Waals surface area contributed by atoms with E-state index in [0.29, 0.717) is 0 Å². The molecule has 3 nitrogen and oxygen atoms in total. The van der Waals surface area contributed by atoms with Gasteiger partial charge in [-0.05, 0) is 93.7 Å². The van der Waals surface area contributed by atoms with E-state index in [4.69, 9.17) is 17.2 Å². The smallest absolute Gasteiger partial charge is 0.0105 e. The van der Waals surface area contributed by atoms with Crippen LogP contribution in [-0.4, -0.2) is 16.6 Å². The van der Waals surface area contributed by atoms with Gasteiger partial charge in [-0.3, -0.25) is 0 Å². The van der Waals surface area contributed by atoms with E-state index in [2.05, 4.69) is 101 Å². The van der Waals surface area contributed by atoms with E-state index in [1.54, 1.807) is 0 Å². The Morgan fingerprint density at radius 1 is 0.500 bits per heavy atom. The Morgan fingerprint density at radius 3 is 1.20 bits per heavy atom. The van der Waals surface area contributed by atoms with Crippen LogP contribution in [0, 0.1) is 0 Å². The summed E-state index contributed by atoms with van der Waals surface area (Å²) in [5.41, 5.74) is 22.6. The molecule has 0 atom stereocenters. The SMILES string of the molecule is CC(C)(N)CC(C)(C)c1ccc(C(C)(C)CC(C)(C)N)c(C(C)(C)CC(C)(C)N)c1. The predicted molar refractivity (Wildman–Crippen MR) is 134 cm³/mol. The number of nitrogens with two attached hydrogens (primary N) is 3. The van der Waals surface area contributed by atoms with Crippen molar-refractivity contribution in [3.63, 3.8) is 0 Å². The van der Waals surface area contributed by atoms with Crippen LogP contribution in [0.1, 0.15) is 119 Å². The molecule has 30 heavy (non-hydrogen) atoms. The molecule has 0 amide bonds. The van der Waals surface area contributed by atoms with E-state index in [1.165, 1.54) is 16.7 Å². The van der Waals surface area contributed by atoms with Crippen molar-refractivity contribution in [3.05, 3.63) is 34.9 Å². The first-order chi connectivity index (χ1) is 13.0. The first-order valence-electron chi connectivity index (χ1n) is 11.5. The first kappa shape index (κ1) is 27.1. The van der Waals surface area contributed by atoms with Crippen molar-refractivity contribution < 1.29 is 0 Å². The third-order valence-electron chi connectivity index (χ3n) is 5.95. The van der Waals surface area contributed by atoms with Crippen molar-refractivity contribution in [2.75, 3.05) is 0 Å². The highest BCUT2D eigenvalue weighted by molar-refractivity contribution is 5.44. The monoisotopic (exact) mass is 417 g/mol. The molecule has 0 bridgehead atoms. The van der Waals surface area contributed by atoms with E-state index < -0.39 is 0 Å². The van der Waals surface area contributed by atoms with Crippen LogP contribution in [0.3, 0.4) is 0 Å². The van der Waals surface area contributed by atoms with Gasteiger partial charge >= 0.3 is 0 Å². The molecule has 6 N–H and O–H groups in total. The van der Waals surface area contributed by atoms with Crippen molar-refractivity contribution in [3.8, 4) is 0 Å². The van der Waals surface area contributed by atoms with Gasteiger partial charge in [-0.2, -0.15) is 0 Å². The molecule has 1 aromatic rings. The van der Waals surface area contributed by atoms with E-state index in [1.807, 2.05) is 0 Å². The van der Waals surface area contributed by atoms with Crippen LogP contribution in [0.25, 0.3) is 0 Å². The van der Waals surface area contributed by atoms with Crippen LogP contribution in [-0.2, 0) is 16.2 Å². The summed E-state index contributed by atoms with van der Waals surface area (Å²) in [7, 11) is 0. The van der Waals surface area contributed by atoms with Gasteiger partial charge in [0.05, 0.1) is 0 Å². The number of rotatable bonds is 9. The zero-order chi connectivity index (χ0) is 24.0.